The summed E-state index contributed by atoms with van der Waals surface area (Å²) >= 11 is 0. The van der Waals surface area contributed by atoms with Crippen molar-refractivity contribution in [1.82, 2.24) is 9.62 Å². The minimum atomic E-state index is -3.79. The Labute approximate surface area is 126 Å². The van der Waals surface area contributed by atoms with E-state index in [1.54, 1.807) is 0 Å². The summed E-state index contributed by atoms with van der Waals surface area (Å²) in [6.07, 6.45) is 3.52. The first-order valence-corrected chi connectivity index (χ1v) is 8.90. The van der Waals surface area contributed by atoms with Crippen LogP contribution >= 0.6 is 0 Å². The molecular formula is C15H23FN2O2S. The molecule has 1 N–H and O–H groups in total. The second-order valence-corrected chi connectivity index (χ2v) is 7.45. The van der Waals surface area contributed by atoms with E-state index < -0.39 is 15.8 Å². The highest BCUT2D eigenvalue weighted by atomic mass is 32.2. The number of hydrogen-bond donors (Lipinski definition) is 1. The highest BCUT2D eigenvalue weighted by Crippen LogP contribution is 2.19. The molecule has 4 nitrogen and oxygen atoms in total. The largest absolute Gasteiger partial charge is 0.297 e. The number of hydrogen-bond acceptors (Lipinski definition) is 3. The van der Waals surface area contributed by atoms with Gasteiger partial charge in [0, 0.05) is 18.6 Å². The van der Waals surface area contributed by atoms with E-state index in [-0.39, 0.29) is 10.9 Å². The summed E-state index contributed by atoms with van der Waals surface area (Å²) < 4.78 is 40.4. The van der Waals surface area contributed by atoms with Gasteiger partial charge in [0.05, 0.1) is 0 Å². The maximum atomic E-state index is 13.6. The summed E-state index contributed by atoms with van der Waals surface area (Å²) in [6, 6.07) is 6.00. The molecule has 0 aliphatic carbocycles. The molecule has 2 atom stereocenters. The Balaban J connectivity index is 2.00. The monoisotopic (exact) mass is 314 g/mol. The van der Waals surface area contributed by atoms with Crippen molar-refractivity contribution < 1.29 is 12.8 Å². The summed E-state index contributed by atoms with van der Waals surface area (Å²) in [5, 5.41) is 0. The molecule has 0 spiro atoms. The average molecular weight is 314 g/mol. The van der Waals surface area contributed by atoms with Gasteiger partial charge < -0.3 is 0 Å². The maximum absolute atomic E-state index is 13.6. The molecule has 1 aliphatic heterocycles. The summed E-state index contributed by atoms with van der Waals surface area (Å²) in [5.74, 6) is -0.719. The second-order valence-electron chi connectivity index (χ2n) is 5.71. The van der Waals surface area contributed by atoms with Crippen LogP contribution in [0.2, 0.25) is 0 Å². The van der Waals surface area contributed by atoms with Crippen LogP contribution in [-0.2, 0) is 10.0 Å². The molecule has 21 heavy (non-hydrogen) atoms. The van der Waals surface area contributed by atoms with Crippen LogP contribution in [0.3, 0.4) is 0 Å². The Morgan fingerprint density at radius 3 is 2.76 bits per heavy atom. The zero-order chi connectivity index (χ0) is 15.5. The topological polar surface area (TPSA) is 49.4 Å². The molecule has 1 heterocycles. The number of rotatable bonds is 5. The first kappa shape index (κ1) is 16.4. The van der Waals surface area contributed by atoms with Crippen molar-refractivity contribution in [2.24, 2.45) is 0 Å². The van der Waals surface area contributed by atoms with Crippen molar-refractivity contribution in [2.45, 2.75) is 50.1 Å². The molecule has 2 rings (SSSR count). The Bertz CT molecular complexity index is 577. The highest BCUT2D eigenvalue weighted by molar-refractivity contribution is 7.89. The van der Waals surface area contributed by atoms with E-state index in [1.807, 2.05) is 6.92 Å². The summed E-state index contributed by atoms with van der Waals surface area (Å²) in [4.78, 5) is 2.02. The molecule has 1 aromatic carbocycles. The zero-order valence-corrected chi connectivity index (χ0v) is 13.4. The lowest BCUT2D eigenvalue weighted by Gasteiger charge is -2.38. The molecule has 0 radical (unpaired) electrons. The molecule has 0 bridgehead atoms. The third-order valence-corrected chi connectivity index (χ3v) is 5.57. The summed E-state index contributed by atoms with van der Waals surface area (Å²) in [5.41, 5.74) is 0. The van der Waals surface area contributed by atoms with E-state index in [0.29, 0.717) is 12.6 Å². The number of nitrogens with zero attached hydrogens (tertiary/aromatic N) is 1. The highest BCUT2D eigenvalue weighted by Gasteiger charge is 2.25. The van der Waals surface area contributed by atoms with Gasteiger partial charge >= 0.3 is 0 Å². The van der Waals surface area contributed by atoms with Crippen LogP contribution in [0.4, 0.5) is 4.39 Å². The third kappa shape index (κ3) is 4.02. The van der Waals surface area contributed by atoms with Gasteiger partial charge in [-0.3, -0.25) is 4.90 Å². The third-order valence-electron chi connectivity index (χ3n) is 4.12. The predicted molar refractivity (Wildman–Crippen MR) is 81.1 cm³/mol. The fourth-order valence-corrected chi connectivity index (χ4v) is 4.06. The lowest BCUT2D eigenvalue weighted by atomic mass is 10.0. The summed E-state index contributed by atoms with van der Waals surface area (Å²) in [7, 11) is -3.79. The molecule has 0 amide bonds. The first-order chi connectivity index (χ1) is 9.92. The minimum absolute atomic E-state index is 0.0989. The SMILES string of the molecule is C[C@@H]1CCCCN1[C@@H](C)CNS(=O)(=O)c1ccccc1F. The Morgan fingerprint density at radius 1 is 1.38 bits per heavy atom. The zero-order valence-electron chi connectivity index (χ0n) is 12.5. The lowest BCUT2D eigenvalue weighted by molar-refractivity contribution is 0.116. The van der Waals surface area contributed by atoms with Crippen LogP contribution in [0.5, 0.6) is 0 Å². The van der Waals surface area contributed by atoms with Crippen LogP contribution in [0, 0.1) is 5.82 Å². The van der Waals surface area contributed by atoms with Gasteiger partial charge in [-0.15, -0.1) is 0 Å². The fourth-order valence-electron chi connectivity index (χ4n) is 2.86. The van der Waals surface area contributed by atoms with Crippen molar-refractivity contribution in [3.63, 3.8) is 0 Å². The van der Waals surface area contributed by atoms with Gasteiger partial charge in [0.2, 0.25) is 10.0 Å². The average Bonchev–Trinajstić information content (AvgIpc) is 2.45. The van der Waals surface area contributed by atoms with Crippen molar-refractivity contribution in [1.29, 1.82) is 0 Å². The Hall–Kier alpha value is -0.980. The summed E-state index contributed by atoms with van der Waals surface area (Å²) in [6.45, 7) is 5.46. The van der Waals surface area contributed by atoms with Crippen LogP contribution in [0.1, 0.15) is 33.1 Å². The Kier molecular flexibility index (Phi) is 5.35. The molecule has 1 aromatic rings. The van der Waals surface area contributed by atoms with Crippen molar-refractivity contribution in [3.8, 4) is 0 Å². The van der Waals surface area contributed by atoms with Gasteiger partial charge in [-0.1, -0.05) is 18.6 Å². The number of halogens is 1. The number of piperidine rings is 1. The fraction of sp³-hybridized carbons (Fsp3) is 0.600. The lowest BCUT2D eigenvalue weighted by Crippen LogP contribution is -2.48. The molecular weight excluding hydrogens is 291 g/mol. The molecule has 1 saturated heterocycles. The predicted octanol–water partition coefficient (Wildman–Crippen LogP) is 2.37. The molecule has 1 fully saturated rings. The standard InChI is InChI=1S/C15H23FN2O2S/c1-12-7-5-6-10-18(12)13(2)11-17-21(19,20)15-9-4-3-8-14(15)16/h3-4,8-9,12-13,17H,5-7,10-11H2,1-2H3/t12-,13+/m1/s1. The smallest absolute Gasteiger partial charge is 0.243 e. The second kappa shape index (κ2) is 6.85. The van der Waals surface area contributed by atoms with Crippen LogP contribution < -0.4 is 4.72 Å². The van der Waals surface area contributed by atoms with Gasteiger partial charge in [-0.25, -0.2) is 17.5 Å². The van der Waals surface area contributed by atoms with Crippen LogP contribution in [0.25, 0.3) is 0 Å². The van der Waals surface area contributed by atoms with Gasteiger partial charge in [-0.05, 0) is 45.4 Å². The number of likely N-dealkylation sites (tertiary alicyclic amines) is 1. The van der Waals surface area contributed by atoms with Crippen molar-refractivity contribution in [3.05, 3.63) is 30.1 Å². The van der Waals surface area contributed by atoms with E-state index in [0.717, 1.165) is 25.5 Å². The van der Waals surface area contributed by atoms with Gasteiger partial charge in [0.15, 0.2) is 0 Å². The van der Waals surface area contributed by atoms with Crippen molar-refractivity contribution >= 4 is 10.0 Å². The maximum Gasteiger partial charge on any atom is 0.243 e. The quantitative estimate of drug-likeness (QED) is 0.908. The minimum Gasteiger partial charge on any atom is -0.297 e. The van der Waals surface area contributed by atoms with E-state index in [4.69, 9.17) is 0 Å². The Morgan fingerprint density at radius 2 is 2.10 bits per heavy atom. The van der Waals surface area contributed by atoms with Crippen LogP contribution in [0.15, 0.2) is 29.2 Å². The van der Waals surface area contributed by atoms with Gasteiger partial charge in [-0.2, -0.15) is 0 Å². The van der Waals surface area contributed by atoms with Crippen LogP contribution in [-0.4, -0.2) is 38.5 Å². The first-order valence-electron chi connectivity index (χ1n) is 7.42. The normalized spacial score (nSPS) is 22.1. The van der Waals surface area contributed by atoms with E-state index in [9.17, 15) is 12.8 Å². The van der Waals surface area contributed by atoms with Gasteiger partial charge in [0.1, 0.15) is 10.7 Å². The number of sulfonamides is 1. The number of benzene rings is 1. The number of nitrogens with one attached hydrogen (secondary N) is 1. The molecule has 0 unspecified atom stereocenters. The molecule has 118 valence electrons. The van der Waals surface area contributed by atoms with Crippen molar-refractivity contribution in [2.75, 3.05) is 13.1 Å². The molecule has 1 aliphatic rings. The molecule has 0 saturated carbocycles. The molecule has 0 aromatic heterocycles. The van der Waals surface area contributed by atoms with E-state index in [2.05, 4.69) is 16.5 Å². The molecule has 6 heteroatoms. The van der Waals surface area contributed by atoms with E-state index >= 15 is 0 Å². The van der Waals surface area contributed by atoms with E-state index in [1.165, 1.54) is 24.6 Å². The van der Waals surface area contributed by atoms with Gasteiger partial charge in [0.25, 0.3) is 0 Å².